The summed E-state index contributed by atoms with van der Waals surface area (Å²) in [6.07, 6.45) is 72.9. The molecule has 0 aromatic heterocycles. The predicted octanol–water partition coefficient (Wildman–Crippen LogP) is 21.0. The van der Waals surface area contributed by atoms with Crippen molar-refractivity contribution in [1.29, 1.82) is 0 Å². The molecule has 0 fully saturated rings. The van der Waals surface area contributed by atoms with Gasteiger partial charge in [-0.1, -0.05) is 215 Å². The molecule has 0 aliphatic heterocycles. The lowest BCUT2D eigenvalue weighted by Crippen LogP contribution is -2.29. The number of hydrogen-bond donors (Lipinski definition) is 3. The van der Waals surface area contributed by atoms with Gasteiger partial charge >= 0.3 is 27.6 Å². The fourth-order valence-corrected chi connectivity index (χ4v) is 11.9. The quantitative estimate of drug-likeness (QED) is 0.0169. The van der Waals surface area contributed by atoms with Gasteiger partial charge in [-0.3, -0.25) is 27.7 Å². The van der Waals surface area contributed by atoms with Gasteiger partial charge in [0, 0.05) is 38.9 Å². The Morgan fingerprint density at radius 2 is 0.656 bits per heavy atom. The molecule has 96 heavy (non-hydrogen) atoms. The second-order valence-corrected chi connectivity index (χ2v) is 28.4. The third-order valence-corrected chi connectivity index (χ3v) is 18.1. The van der Waals surface area contributed by atoms with Crippen LogP contribution in [0.25, 0.3) is 0 Å². The van der Waals surface area contributed by atoms with E-state index in [-0.39, 0.29) is 26.1 Å². The summed E-state index contributed by atoms with van der Waals surface area (Å²) in [5.74, 6) is -0.880. The molecule has 0 aromatic rings. The average molecular weight is 1400 g/mol. The highest BCUT2D eigenvalue weighted by molar-refractivity contribution is 7.47. The van der Waals surface area contributed by atoms with E-state index in [1.807, 2.05) is 0 Å². The monoisotopic (exact) mass is 1400 g/mol. The average Bonchev–Trinajstić information content (AvgIpc) is 2.17. The van der Waals surface area contributed by atoms with E-state index < -0.39 is 72.3 Å². The fraction of sp³-hybridized carbons (Fsp3) is 0.792. The summed E-state index contributed by atoms with van der Waals surface area (Å²) >= 11 is 0. The number of esters is 2. The molecule has 19 heteroatoms. The smallest absolute Gasteiger partial charge is 0.463 e. The van der Waals surface area contributed by atoms with Crippen LogP contribution in [0.4, 0.5) is 0 Å². The lowest BCUT2D eigenvalue weighted by molar-refractivity contribution is -0.154. The van der Waals surface area contributed by atoms with Crippen LogP contribution in [0.5, 0.6) is 0 Å². The number of carbonyl (C=O) groups excluding carboxylic acids is 4. The topological polar surface area (TPSA) is 237 Å². The van der Waals surface area contributed by atoms with Gasteiger partial charge in [0.05, 0.1) is 33.0 Å². The third kappa shape index (κ3) is 72.1. The Bertz CT molecular complexity index is 2040. The molecule has 17 nitrogen and oxygen atoms in total. The van der Waals surface area contributed by atoms with Crippen molar-refractivity contribution in [3.05, 3.63) is 72.9 Å². The van der Waals surface area contributed by atoms with Crippen LogP contribution in [0.15, 0.2) is 72.9 Å². The molecule has 0 spiro atoms. The highest BCUT2D eigenvalue weighted by atomic mass is 31.2. The molecule has 0 amide bonds. The van der Waals surface area contributed by atoms with Crippen molar-refractivity contribution in [3.8, 4) is 0 Å². The second kappa shape index (κ2) is 73.1. The van der Waals surface area contributed by atoms with Gasteiger partial charge in [0.25, 0.3) is 0 Å². The number of aldehydes is 2. The lowest BCUT2D eigenvalue weighted by Gasteiger charge is -2.21. The SMILES string of the molecule is CCCCC/C=C\C/C=C\CCCCCCCC(=O)OC[C@H](COP(=O)(O)OC[C@H](O)COP(=O)(O)OC[C@@H](COCCCCCCC/C=C\CCCCCCC=O)OC(=O)CCCCCCC/C=C\C/C=C\CCCCC)OCCCCCCC/C=C\CCCCCCC=O. The maximum atomic E-state index is 13.1. The van der Waals surface area contributed by atoms with Crippen LogP contribution in [-0.2, 0) is 65.4 Å². The first kappa shape index (κ1) is 92.8. The van der Waals surface area contributed by atoms with E-state index in [0.29, 0.717) is 38.9 Å². The summed E-state index contributed by atoms with van der Waals surface area (Å²) < 4.78 is 69.8. The highest BCUT2D eigenvalue weighted by Gasteiger charge is 2.29. The van der Waals surface area contributed by atoms with Crippen molar-refractivity contribution in [2.45, 2.75) is 340 Å². The zero-order valence-electron chi connectivity index (χ0n) is 60.4. The summed E-state index contributed by atoms with van der Waals surface area (Å²) in [5, 5.41) is 10.6. The summed E-state index contributed by atoms with van der Waals surface area (Å²) in [6.45, 7) is 2.23. The first-order valence-electron chi connectivity index (χ1n) is 38.1. The van der Waals surface area contributed by atoms with Crippen molar-refractivity contribution in [2.24, 2.45) is 0 Å². The summed E-state index contributed by atoms with van der Waals surface area (Å²) in [5.41, 5.74) is 0. The molecule has 0 saturated carbocycles. The molecule has 0 rings (SSSR count). The number of allylic oxidation sites excluding steroid dienone is 12. The fourth-order valence-electron chi connectivity index (χ4n) is 10.3. The van der Waals surface area contributed by atoms with Crippen molar-refractivity contribution in [2.75, 3.05) is 52.9 Å². The van der Waals surface area contributed by atoms with E-state index in [9.17, 15) is 43.2 Å². The Hall–Kier alpha value is -3.18. The third-order valence-electron chi connectivity index (χ3n) is 16.1. The molecule has 0 heterocycles. The first-order chi connectivity index (χ1) is 46.9. The number of hydrogen-bond acceptors (Lipinski definition) is 15. The molecule has 5 atom stereocenters. The van der Waals surface area contributed by atoms with Crippen molar-refractivity contribution in [3.63, 3.8) is 0 Å². The van der Waals surface area contributed by atoms with E-state index in [1.54, 1.807) is 0 Å². The molecule has 558 valence electrons. The number of aliphatic hydroxyl groups is 1. The van der Waals surface area contributed by atoms with Crippen molar-refractivity contribution < 1.29 is 80.2 Å². The molecule has 0 aliphatic carbocycles. The van der Waals surface area contributed by atoms with E-state index in [0.717, 1.165) is 244 Å². The standard InChI is InChI=1S/C77H138O17P2/c1-3-5-7-9-11-13-15-17-19-25-31-37-43-49-55-61-76(81)89-70-74(88-66-60-54-48-42-36-30-24-22-28-34-40-46-52-58-64-79)71-92-95(83,84)90-67-73(80)68-91-96(85,86)93-72-75(69-87-65-59-53-47-41-35-29-23-21-27-33-39-45-51-57-63-78)94-77(82)62-56-50-44-38-32-26-20-18-16-14-12-10-8-6-4-2/h11-14,17-24,63-64,73-75,80H,3-10,15-16,25-62,65-72H2,1-2H3,(H,83,84)(H,85,86)/b13-11-,14-12-,19-17-,20-18-,23-21-,24-22-/t73-,74+,75+/m0/s1. The molecule has 0 aliphatic rings. The Labute approximate surface area is 583 Å². The van der Waals surface area contributed by atoms with Crippen molar-refractivity contribution >= 4 is 40.2 Å². The zero-order valence-corrected chi connectivity index (χ0v) is 62.2. The van der Waals surface area contributed by atoms with Gasteiger partial charge in [0.15, 0.2) is 0 Å². The number of unbranched alkanes of at least 4 members (excludes halogenated alkanes) is 36. The number of ether oxygens (including phenoxy) is 4. The molecule has 0 bridgehead atoms. The van der Waals surface area contributed by atoms with Crippen LogP contribution >= 0.6 is 15.6 Å². The Balaban J connectivity index is 5.22. The molecule has 3 N–H and O–H groups in total. The molecular weight excluding hydrogens is 1260 g/mol. The van der Waals surface area contributed by atoms with Crippen LogP contribution in [0.2, 0.25) is 0 Å². The van der Waals surface area contributed by atoms with Gasteiger partial charge in [0.1, 0.15) is 37.5 Å². The van der Waals surface area contributed by atoms with E-state index >= 15 is 0 Å². The van der Waals surface area contributed by atoms with Crippen LogP contribution < -0.4 is 0 Å². The maximum absolute atomic E-state index is 13.1. The molecule has 0 aromatic carbocycles. The van der Waals surface area contributed by atoms with Gasteiger partial charge in [-0.15, -0.1) is 0 Å². The Morgan fingerprint density at radius 1 is 0.344 bits per heavy atom. The number of aliphatic hydroxyl groups excluding tert-OH is 1. The van der Waals surface area contributed by atoms with E-state index in [2.05, 4.69) is 86.8 Å². The van der Waals surface area contributed by atoms with E-state index in [4.69, 9.17) is 37.0 Å². The molecule has 2 unspecified atom stereocenters. The number of phosphoric ester groups is 2. The second-order valence-electron chi connectivity index (χ2n) is 25.5. The van der Waals surface area contributed by atoms with Crippen LogP contribution in [0.1, 0.15) is 322 Å². The highest BCUT2D eigenvalue weighted by Crippen LogP contribution is 2.45. The minimum Gasteiger partial charge on any atom is -0.463 e. The first-order valence-corrected chi connectivity index (χ1v) is 41.1. The minimum absolute atomic E-state index is 0.0740. The Morgan fingerprint density at radius 3 is 1.05 bits per heavy atom. The van der Waals surface area contributed by atoms with Crippen LogP contribution in [0.3, 0.4) is 0 Å². The predicted molar refractivity (Wildman–Crippen MR) is 391 cm³/mol. The van der Waals surface area contributed by atoms with Crippen molar-refractivity contribution in [1.82, 2.24) is 0 Å². The Kier molecular flexibility index (Phi) is 70.6. The van der Waals surface area contributed by atoms with Gasteiger partial charge in [-0.2, -0.15) is 0 Å². The van der Waals surface area contributed by atoms with Crippen LogP contribution in [0, 0.1) is 0 Å². The number of rotatable bonds is 76. The lowest BCUT2D eigenvalue weighted by atomic mass is 10.1. The molecule has 0 saturated heterocycles. The molecular formula is C77H138O17P2. The van der Waals surface area contributed by atoms with Crippen LogP contribution in [-0.4, -0.2) is 111 Å². The van der Waals surface area contributed by atoms with Gasteiger partial charge in [-0.25, -0.2) is 9.13 Å². The summed E-state index contributed by atoms with van der Waals surface area (Å²) in [6, 6.07) is 0. The van der Waals surface area contributed by atoms with Gasteiger partial charge < -0.3 is 43.4 Å². The number of carbonyl (C=O) groups is 4. The normalized spacial score (nSPS) is 14.4. The molecule has 0 radical (unpaired) electrons. The summed E-state index contributed by atoms with van der Waals surface area (Å²) in [7, 11) is -9.69. The van der Waals surface area contributed by atoms with Gasteiger partial charge in [-0.05, 0) is 154 Å². The largest absolute Gasteiger partial charge is 0.472 e. The minimum atomic E-state index is -4.86. The van der Waals surface area contributed by atoms with Gasteiger partial charge in [0.2, 0.25) is 0 Å². The zero-order chi connectivity index (χ0) is 70.0. The van der Waals surface area contributed by atoms with E-state index in [1.165, 1.54) is 38.5 Å². The summed E-state index contributed by atoms with van der Waals surface area (Å²) in [4.78, 5) is 68.0. The number of phosphoric acid groups is 2. The maximum Gasteiger partial charge on any atom is 0.472 e.